The summed E-state index contributed by atoms with van der Waals surface area (Å²) in [7, 11) is -3.31. The van der Waals surface area contributed by atoms with Crippen LogP contribution in [0.15, 0.2) is 48.5 Å². The van der Waals surface area contributed by atoms with Crippen LogP contribution < -0.4 is 10.0 Å². The van der Waals surface area contributed by atoms with Crippen molar-refractivity contribution in [1.82, 2.24) is 0 Å². The molecule has 6 heteroatoms. The van der Waals surface area contributed by atoms with Crippen molar-refractivity contribution in [2.24, 2.45) is 0 Å². The Balaban J connectivity index is 1.85. The molecular formula is C18H22N2O3S. The van der Waals surface area contributed by atoms with E-state index in [-0.39, 0.29) is 5.78 Å². The molecule has 0 aromatic heterocycles. The number of sulfonamides is 1. The topological polar surface area (TPSA) is 75.3 Å². The predicted molar refractivity (Wildman–Crippen MR) is 98.2 cm³/mol. The third-order valence-electron chi connectivity index (χ3n) is 3.55. The minimum Gasteiger partial charge on any atom is -0.385 e. The molecule has 2 aromatic rings. The van der Waals surface area contributed by atoms with E-state index in [0.717, 1.165) is 18.4 Å². The fourth-order valence-electron chi connectivity index (χ4n) is 2.26. The minimum absolute atomic E-state index is 0.0126. The first-order valence-electron chi connectivity index (χ1n) is 7.81. The smallest absolute Gasteiger partial charge is 0.229 e. The van der Waals surface area contributed by atoms with Crippen LogP contribution in [-0.2, 0) is 16.4 Å². The first kappa shape index (κ1) is 18.0. The first-order valence-corrected chi connectivity index (χ1v) is 9.70. The summed E-state index contributed by atoms with van der Waals surface area (Å²) in [5.41, 5.74) is 3.28. The van der Waals surface area contributed by atoms with Crippen LogP contribution in [0.3, 0.4) is 0 Å². The zero-order chi connectivity index (χ0) is 17.6. The molecule has 5 nitrogen and oxygen atoms in total. The van der Waals surface area contributed by atoms with Gasteiger partial charge in [-0.15, -0.1) is 0 Å². The van der Waals surface area contributed by atoms with Crippen molar-refractivity contribution in [3.05, 3.63) is 59.7 Å². The highest BCUT2D eigenvalue weighted by molar-refractivity contribution is 7.92. The summed E-state index contributed by atoms with van der Waals surface area (Å²) in [4.78, 5) is 12.2. The number of Topliss-reactive ketones (excluding diaryl/α,β-unsaturated/α-hetero) is 1. The molecule has 2 rings (SSSR count). The fourth-order valence-corrected chi connectivity index (χ4v) is 2.83. The van der Waals surface area contributed by atoms with Gasteiger partial charge in [-0.2, -0.15) is 0 Å². The second kappa shape index (κ2) is 7.97. The summed E-state index contributed by atoms with van der Waals surface area (Å²) >= 11 is 0. The van der Waals surface area contributed by atoms with E-state index in [2.05, 4.69) is 29.1 Å². The molecule has 0 atom stereocenters. The maximum atomic E-state index is 12.2. The molecular weight excluding hydrogens is 324 g/mol. The Morgan fingerprint density at radius 1 is 0.958 bits per heavy atom. The minimum atomic E-state index is -3.31. The molecule has 128 valence electrons. The standard InChI is InChI=1S/C18H22N2O3S/c1-3-14-4-8-16(9-5-14)19-13-12-18(21)15-6-10-17(11-7-15)20-24(2,22)23/h4-11,19-20H,3,12-13H2,1-2H3. The molecule has 0 saturated heterocycles. The zero-order valence-corrected chi connectivity index (χ0v) is 14.7. The van der Waals surface area contributed by atoms with Crippen molar-refractivity contribution < 1.29 is 13.2 Å². The zero-order valence-electron chi connectivity index (χ0n) is 13.9. The van der Waals surface area contributed by atoms with Crippen molar-refractivity contribution in [1.29, 1.82) is 0 Å². The second-order valence-electron chi connectivity index (χ2n) is 5.60. The molecule has 2 aromatic carbocycles. The van der Waals surface area contributed by atoms with E-state index in [1.54, 1.807) is 24.3 Å². The van der Waals surface area contributed by atoms with Crippen LogP contribution in [-0.4, -0.2) is 27.0 Å². The van der Waals surface area contributed by atoms with Crippen LogP contribution in [0.4, 0.5) is 11.4 Å². The lowest BCUT2D eigenvalue weighted by Crippen LogP contribution is -2.11. The van der Waals surface area contributed by atoms with Crippen LogP contribution in [0.1, 0.15) is 29.3 Å². The lowest BCUT2D eigenvalue weighted by atomic mass is 10.1. The van der Waals surface area contributed by atoms with Crippen molar-refractivity contribution in [3.8, 4) is 0 Å². The number of nitrogens with one attached hydrogen (secondary N) is 2. The van der Waals surface area contributed by atoms with Gasteiger partial charge in [0, 0.05) is 29.9 Å². The SMILES string of the molecule is CCc1ccc(NCCC(=O)c2ccc(NS(C)(=O)=O)cc2)cc1. The van der Waals surface area contributed by atoms with Crippen LogP contribution in [0.2, 0.25) is 0 Å². The molecule has 0 unspecified atom stereocenters. The highest BCUT2D eigenvalue weighted by Crippen LogP contribution is 2.13. The molecule has 0 amide bonds. The van der Waals surface area contributed by atoms with Crippen LogP contribution in [0.5, 0.6) is 0 Å². The normalized spacial score (nSPS) is 11.1. The quantitative estimate of drug-likeness (QED) is 0.719. The van der Waals surface area contributed by atoms with Crippen molar-refractivity contribution in [2.75, 3.05) is 22.8 Å². The van der Waals surface area contributed by atoms with E-state index in [0.29, 0.717) is 24.2 Å². The van der Waals surface area contributed by atoms with Crippen LogP contribution >= 0.6 is 0 Å². The summed E-state index contributed by atoms with van der Waals surface area (Å²) in [6, 6.07) is 14.6. The number of aryl methyl sites for hydroxylation is 1. The van der Waals surface area contributed by atoms with Gasteiger partial charge in [0.15, 0.2) is 5.78 Å². The van der Waals surface area contributed by atoms with E-state index in [4.69, 9.17) is 0 Å². The monoisotopic (exact) mass is 346 g/mol. The van der Waals surface area contributed by atoms with Gasteiger partial charge in [-0.1, -0.05) is 19.1 Å². The highest BCUT2D eigenvalue weighted by atomic mass is 32.2. The van der Waals surface area contributed by atoms with Gasteiger partial charge in [-0.05, 0) is 48.4 Å². The van der Waals surface area contributed by atoms with Crippen molar-refractivity contribution >= 4 is 27.2 Å². The molecule has 0 radical (unpaired) electrons. The number of ketones is 1. The number of carbonyl (C=O) groups is 1. The summed E-state index contributed by atoms with van der Waals surface area (Å²) in [6.45, 7) is 2.66. The van der Waals surface area contributed by atoms with Gasteiger partial charge < -0.3 is 5.32 Å². The van der Waals surface area contributed by atoms with Gasteiger partial charge in [-0.3, -0.25) is 9.52 Å². The lowest BCUT2D eigenvalue weighted by molar-refractivity contribution is 0.0986. The molecule has 0 spiro atoms. The lowest BCUT2D eigenvalue weighted by Gasteiger charge is -2.08. The molecule has 0 fully saturated rings. The van der Waals surface area contributed by atoms with Gasteiger partial charge in [-0.25, -0.2) is 8.42 Å². The number of carbonyl (C=O) groups excluding carboxylic acids is 1. The fraction of sp³-hybridized carbons (Fsp3) is 0.278. The Morgan fingerprint density at radius 2 is 1.54 bits per heavy atom. The molecule has 0 saturated carbocycles. The maximum Gasteiger partial charge on any atom is 0.229 e. The average molecular weight is 346 g/mol. The van der Waals surface area contributed by atoms with E-state index >= 15 is 0 Å². The number of anilines is 2. The molecule has 0 aliphatic carbocycles. The third kappa shape index (κ3) is 5.70. The Hall–Kier alpha value is -2.34. The van der Waals surface area contributed by atoms with Crippen LogP contribution in [0, 0.1) is 0 Å². The highest BCUT2D eigenvalue weighted by Gasteiger charge is 2.07. The van der Waals surface area contributed by atoms with Gasteiger partial charge >= 0.3 is 0 Å². The second-order valence-corrected chi connectivity index (χ2v) is 7.35. The average Bonchev–Trinajstić information content (AvgIpc) is 2.54. The number of benzene rings is 2. The molecule has 24 heavy (non-hydrogen) atoms. The maximum absolute atomic E-state index is 12.2. The third-order valence-corrected chi connectivity index (χ3v) is 4.16. The molecule has 0 aliphatic rings. The Labute approximate surface area is 143 Å². The summed E-state index contributed by atoms with van der Waals surface area (Å²) < 4.78 is 24.7. The van der Waals surface area contributed by atoms with E-state index in [1.165, 1.54) is 5.56 Å². The predicted octanol–water partition coefficient (Wildman–Crippen LogP) is 3.31. The van der Waals surface area contributed by atoms with Crippen LogP contribution in [0.25, 0.3) is 0 Å². The molecule has 2 N–H and O–H groups in total. The van der Waals surface area contributed by atoms with Crippen molar-refractivity contribution in [3.63, 3.8) is 0 Å². The van der Waals surface area contributed by atoms with Gasteiger partial charge in [0.25, 0.3) is 0 Å². The largest absolute Gasteiger partial charge is 0.385 e. The summed E-state index contributed by atoms with van der Waals surface area (Å²) in [6.07, 6.45) is 2.46. The van der Waals surface area contributed by atoms with Gasteiger partial charge in [0.05, 0.1) is 6.26 Å². The van der Waals surface area contributed by atoms with E-state index in [1.807, 2.05) is 12.1 Å². The first-order chi connectivity index (χ1) is 11.4. The van der Waals surface area contributed by atoms with E-state index in [9.17, 15) is 13.2 Å². The number of hydrogen-bond acceptors (Lipinski definition) is 4. The number of rotatable bonds is 8. The number of hydrogen-bond donors (Lipinski definition) is 2. The molecule has 0 aliphatic heterocycles. The van der Waals surface area contributed by atoms with Gasteiger partial charge in [0.1, 0.15) is 0 Å². The Bertz CT molecular complexity index is 782. The molecule has 0 bridgehead atoms. The van der Waals surface area contributed by atoms with Crippen molar-refractivity contribution in [2.45, 2.75) is 19.8 Å². The van der Waals surface area contributed by atoms with Gasteiger partial charge in [0.2, 0.25) is 10.0 Å². The Morgan fingerprint density at radius 3 is 2.08 bits per heavy atom. The summed E-state index contributed by atoms with van der Waals surface area (Å²) in [5, 5.41) is 3.23. The van der Waals surface area contributed by atoms with E-state index < -0.39 is 10.0 Å². The summed E-state index contributed by atoms with van der Waals surface area (Å²) in [5.74, 6) is 0.0126. The molecule has 0 heterocycles. The Kier molecular flexibility index (Phi) is 5.98.